The first-order valence-corrected chi connectivity index (χ1v) is 7.08. The number of rotatable bonds is 3. The SMILES string of the molecule is O=CNc1ccc2c(c1)c(Br)nn2C1CCCCO1. The second-order valence-electron chi connectivity index (χ2n) is 4.55. The van der Waals surface area contributed by atoms with Gasteiger partial charge < -0.3 is 10.1 Å². The maximum atomic E-state index is 10.5. The fourth-order valence-corrected chi connectivity index (χ4v) is 2.89. The lowest BCUT2D eigenvalue weighted by Crippen LogP contribution is -2.19. The third-order valence-electron chi connectivity index (χ3n) is 3.32. The summed E-state index contributed by atoms with van der Waals surface area (Å²) in [5, 5.41) is 8.13. The van der Waals surface area contributed by atoms with E-state index in [2.05, 4.69) is 26.3 Å². The second kappa shape index (κ2) is 5.30. The molecule has 0 aliphatic carbocycles. The average molecular weight is 324 g/mol. The Balaban J connectivity index is 2.03. The van der Waals surface area contributed by atoms with Gasteiger partial charge in [-0.1, -0.05) is 0 Å². The summed E-state index contributed by atoms with van der Waals surface area (Å²) >= 11 is 3.47. The minimum absolute atomic E-state index is 0.00688. The number of halogens is 1. The van der Waals surface area contributed by atoms with Crippen molar-refractivity contribution >= 4 is 38.9 Å². The van der Waals surface area contributed by atoms with Crippen molar-refractivity contribution in [2.24, 2.45) is 0 Å². The number of carbonyl (C=O) groups excluding carboxylic acids is 1. The monoisotopic (exact) mass is 323 g/mol. The highest BCUT2D eigenvalue weighted by Gasteiger charge is 2.20. The number of ether oxygens (including phenoxy) is 1. The van der Waals surface area contributed by atoms with Gasteiger partial charge in [-0.05, 0) is 53.4 Å². The number of aromatic nitrogens is 2. The van der Waals surface area contributed by atoms with Crippen molar-refractivity contribution in [3.05, 3.63) is 22.8 Å². The highest BCUT2D eigenvalue weighted by atomic mass is 79.9. The number of hydrogen-bond acceptors (Lipinski definition) is 3. The number of nitrogens with zero attached hydrogens (tertiary/aromatic N) is 2. The fraction of sp³-hybridized carbons (Fsp3) is 0.385. The number of anilines is 1. The molecule has 1 aromatic heterocycles. The quantitative estimate of drug-likeness (QED) is 0.883. The van der Waals surface area contributed by atoms with E-state index in [-0.39, 0.29) is 6.23 Å². The van der Waals surface area contributed by atoms with Crippen LogP contribution in [0.2, 0.25) is 0 Å². The van der Waals surface area contributed by atoms with Crippen LogP contribution in [0.15, 0.2) is 22.8 Å². The summed E-state index contributed by atoms with van der Waals surface area (Å²) in [5.74, 6) is 0. The van der Waals surface area contributed by atoms with Crippen molar-refractivity contribution in [1.82, 2.24) is 9.78 Å². The van der Waals surface area contributed by atoms with E-state index >= 15 is 0 Å². The second-order valence-corrected chi connectivity index (χ2v) is 5.30. The van der Waals surface area contributed by atoms with E-state index in [0.29, 0.717) is 6.41 Å². The van der Waals surface area contributed by atoms with Gasteiger partial charge in [0.05, 0.1) is 5.52 Å². The maximum Gasteiger partial charge on any atom is 0.211 e. The van der Waals surface area contributed by atoms with Crippen LogP contribution in [0.4, 0.5) is 5.69 Å². The number of hydrogen-bond donors (Lipinski definition) is 1. The number of fused-ring (bicyclic) bond motifs is 1. The molecular weight excluding hydrogens is 310 g/mol. The molecule has 5 nitrogen and oxygen atoms in total. The standard InChI is InChI=1S/C13H14BrN3O2/c14-13-10-7-9(15-8-18)4-5-11(10)17(16-13)12-3-1-2-6-19-12/h4-5,7-8,12H,1-3,6H2,(H,15,18). The molecule has 6 heteroatoms. The summed E-state index contributed by atoms with van der Waals surface area (Å²) in [7, 11) is 0. The van der Waals surface area contributed by atoms with Crippen molar-refractivity contribution in [1.29, 1.82) is 0 Å². The van der Waals surface area contributed by atoms with Crippen molar-refractivity contribution in [3.8, 4) is 0 Å². The van der Waals surface area contributed by atoms with Gasteiger partial charge in [0, 0.05) is 17.7 Å². The number of nitrogens with one attached hydrogen (secondary N) is 1. The lowest BCUT2D eigenvalue weighted by molar-refractivity contribution is -0.105. The summed E-state index contributed by atoms with van der Waals surface area (Å²) in [6, 6.07) is 5.72. The van der Waals surface area contributed by atoms with Gasteiger partial charge in [-0.2, -0.15) is 5.10 Å². The van der Waals surface area contributed by atoms with Crippen molar-refractivity contribution < 1.29 is 9.53 Å². The Morgan fingerprint density at radius 2 is 2.37 bits per heavy atom. The molecule has 1 unspecified atom stereocenters. The van der Waals surface area contributed by atoms with E-state index in [9.17, 15) is 4.79 Å². The zero-order chi connectivity index (χ0) is 13.2. The van der Waals surface area contributed by atoms with E-state index < -0.39 is 0 Å². The largest absolute Gasteiger partial charge is 0.356 e. The zero-order valence-electron chi connectivity index (χ0n) is 10.3. The third-order valence-corrected chi connectivity index (χ3v) is 3.90. The molecule has 0 saturated carbocycles. The lowest BCUT2D eigenvalue weighted by atomic mass is 10.2. The van der Waals surface area contributed by atoms with Crippen LogP contribution in [0, 0.1) is 0 Å². The first-order valence-electron chi connectivity index (χ1n) is 6.29. The Hall–Kier alpha value is -1.40. The first kappa shape index (κ1) is 12.6. The van der Waals surface area contributed by atoms with Gasteiger partial charge >= 0.3 is 0 Å². The van der Waals surface area contributed by atoms with Gasteiger partial charge in [0.1, 0.15) is 4.60 Å². The predicted molar refractivity (Wildman–Crippen MR) is 76.0 cm³/mol. The van der Waals surface area contributed by atoms with Crippen LogP contribution < -0.4 is 5.32 Å². The Kier molecular flexibility index (Phi) is 3.52. The van der Waals surface area contributed by atoms with Crippen LogP contribution in [0.5, 0.6) is 0 Å². The Morgan fingerprint density at radius 1 is 1.47 bits per heavy atom. The Labute approximate surface area is 119 Å². The first-order chi connectivity index (χ1) is 9.29. The third kappa shape index (κ3) is 2.37. The van der Waals surface area contributed by atoms with E-state index in [1.165, 1.54) is 0 Å². The minimum atomic E-state index is 0.00688. The number of amides is 1. The summed E-state index contributed by atoms with van der Waals surface area (Å²) in [6.45, 7) is 0.786. The molecule has 0 bridgehead atoms. The Morgan fingerprint density at radius 3 is 3.11 bits per heavy atom. The highest BCUT2D eigenvalue weighted by molar-refractivity contribution is 9.10. The normalized spacial score (nSPS) is 19.5. The summed E-state index contributed by atoms with van der Waals surface area (Å²) in [5.41, 5.74) is 1.77. The van der Waals surface area contributed by atoms with Crippen LogP contribution in [-0.4, -0.2) is 22.8 Å². The molecule has 1 fully saturated rings. The molecule has 2 aromatic rings. The van der Waals surface area contributed by atoms with E-state index in [0.717, 1.165) is 47.1 Å². The fourth-order valence-electron chi connectivity index (χ4n) is 2.40. The van der Waals surface area contributed by atoms with Gasteiger partial charge in [-0.3, -0.25) is 4.79 Å². The molecule has 3 rings (SSSR count). The van der Waals surface area contributed by atoms with Gasteiger partial charge in [-0.25, -0.2) is 4.68 Å². The van der Waals surface area contributed by atoms with E-state index in [4.69, 9.17) is 4.74 Å². The van der Waals surface area contributed by atoms with Crippen LogP contribution in [0.1, 0.15) is 25.5 Å². The van der Waals surface area contributed by atoms with Crippen molar-refractivity contribution in [2.75, 3.05) is 11.9 Å². The molecule has 0 radical (unpaired) electrons. The number of carbonyl (C=O) groups is 1. The zero-order valence-corrected chi connectivity index (χ0v) is 11.9. The molecule has 0 spiro atoms. The molecule has 1 aromatic carbocycles. The van der Waals surface area contributed by atoms with Gasteiger partial charge in [0.2, 0.25) is 6.41 Å². The Bertz CT molecular complexity index is 605. The van der Waals surface area contributed by atoms with Crippen LogP contribution in [0.3, 0.4) is 0 Å². The molecule has 1 saturated heterocycles. The van der Waals surface area contributed by atoms with Crippen molar-refractivity contribution in [2.45, 2.75) is 25.5 Å². The summed E-state index contributed by atoms with van der Waals surface area (Å²) < 4.78 is 8.46. The van der Waals surface area contributed by atoms with E-state index in [1.54, 1.807) is 0 Å². The molecule has 1 N–H and O–H groups in total. The van der Waals surface area contributed by atoms with Crippen LogP contribution >= 0.6 is 15.9 Å². The topological polar surface area (TPSA) is 56.2 Å². The van der Waals surface area contributed by atoms with Crippen LogP contribution in [-0.2, 0) is 9.53 Å². The molecule has 1 atom stereocenters. The van der Waals surface area contributed by atoms with Crippen LogP contribution in [0.25, 0.3) is 10.9 Å². The highest BCUT2D eigenvalue weighted by Crippen LogP contribution is 2.31. The minimum Gasteiger partial charge on any atom is -0.356 e. The number of benzene rings is 1. The molecular formula is C13H14BrN3O2. The van der Waals surface area contributed by atoms with Gasteiger partial charge in [-0.15, -0.1) is 0 Å². The lowest BCUT2D eigenvalue weighted by Gasteiger charge is -2.23. The maximum absolute atomic E-state index is 10.5. The van der Waals surface area contributed by atoms with Crippen molar-refractivity contribution in [3.63, 3.8) is 0 Å². The predicted octanol–water partition coefficient (Wildman–Crippen LogP) is 3.07. The summed E-state index contributed by atoms with van der Waals surface area (Å²) in [6.07, 6.45) is 3.94. The summed E-state index contributed by atoms with van der Waals surface area (Å²) in [4.78, 5) is 10.5. The average Bonchev–Trinajstić information content (AvgIpc) is 2.78. The molecule has 100 valence electrons. The smallest absolute Gasteiger partial charge is 0.211 e. The molecule has 19 heavy (non-hydrogen) atoms. The molecule has 1 aliphatic rings. The van der Waals surface area contributed by atoms with Gasteiger partial charge in [0.15, 0.2) is 6.23 Å². The molecule has 1 aliphatic heterocycles. The van der Waals surface area contributed by atoms with E-state index in [1.807, 2.05) is 22.9 Å². The van der Waals surface area contributed by atoms with Gasteiger partial charge in [0.25, 0.3) is 0 Å². The molecule has 2 heterocycles. The molecule has 1 amide bonds.